The first-order valence-corrected chi connectivity index (χ1v) is 6.28. The van der Waals surface area contributed by atoms with Crippen molar-refractivity contribution in [2.45, 2.75) is 58.7 Å². The highest BCUT2D eigenvalue weighted by molar-refractivity contribution is 5.30. The highest BCUT2D eigenvalue weighted by Crippen LogP contribution is 2.19. The molecule has 0 spiro atoms. The predicted octanol–water partition coefficient (Wildman–Crippen LogP) is 2.25. The number of hydrogen-bond acceptors (Lipinski definition) is 4. The molecule has 1 aromatic heterocycles. The molecule has 17 heavy (non-hydrogen) atoms. The molecule has 94 valence electrons. The van der Waals surface area contributed by atoms with Crippen LogP contribution in [0.3, 0.4) is 0 Å². The minimum atomic E-state index is -0.00498. The maximum absolute atomic E-state index is 4.53. The third kappa shape index (κ3) is 4.30. The summed E-state index contributed by atoms with van der Waals surface area (Å²) in [5.74, 6) is 0.727. The average Bonchev–Trinajstić information content (AvgIpc) is 2.94. The van der Waals surface area contributed by atoms with Crippen LogP contribution in [0.4, 0.5) is 5.95 Å². The van der Waals surface area contributed by atoms with E-state index in [9.17, 15) is 0 Å². The molecule has 1 heterocycles. The lowest BCUT2D eigenvalue weighted by Gasteiger charge is -2.21. The second kappa shape index (κ2) is 4.61. The molecular weight excluding hydrogens is 212 g/mol. The van der Waals surface area contributed by atoms with E-state index in [-0.39, 0.29) is 5.54 Å². The van der Waals surface area contributed by atoms with Crippen molar-refractivity contribution in [3.8, 4) is 0 Å². The zero-order chi connectivity index (χ0) is 12.5. The first kappa shape index (κ1) is 12.3. The lowest BCUT2D eigenvalue weighted by molar-refractivity contribution is 0.621. The molecule has 1 aliphatic rings. The van der Waals surface area contributed by atoms with Crippen LogP contribution >= 0.6 is 0 Å². The second-order valence-corrected chi connectivity index (χ2v) is 5.85. The summed E-state index contributed by atoms with van der Waals surface area (Å²) in [5, 5.41) is 6.79. The Bertz CT molecular complexity index is 391. The molecule has 4 heteroatoms. The minimum absolute atomic E-state index is 0.00498. The third-order valence-corrected chi connectivity index (χ3v) is 2.54. The molecule has 0 aromatic carbocycles. The summed E-state index contributed by atoms with van der Waals surface area (Å²) in [6.07, 6.45) is 2.61. The monoisotopic (exact) mass is 234 g/mol. The lowest BCUT2D eigenvalue weighted by atomic mass is 10.1. The lowest BCUT2D eigenvalue weighted by Crippen LogP contribution is -2.28. The average molecular weight is 234 g/mol. The van der Waals surface area contributed by atoms with Gasteiger partial charge in [0.15, 0.2) is 0 Å². The van der Waals surface area contributed by atoms with Crippen molar-refractivity contribution in [3.05, 3.63) is 17.5 Å². The molecule has 1 saturated carbocycles. The van der Waals surface area contributed by atoms with Crippen molar-refractivity contribution in [2.75, 3.05) is 5.32 Å². The van der Waals surface area contributed by atoms with Gasteiger partial charge in [0.25, 0.3) is 0 Å². The van der Waals surface area contributed by atoms with Crippen LogP contribution < -0.4 is 10.6 Å². The summed E-state index contributed by atoms with van der Waals surface area (Å²) in [4.78, 5) is 8.95. The van der Waals surface area contributed by atoms with E-state index in [4.69, 9.17) is 0 Å². The van der Waals surface area contributed by atoms with Crippen LogP contribution in [0, 0.1) is 6.92 Å². The number of nitrogens with zero attached hydrogens (tertiary/aromatic N) is 2. The summed E-state index contributed by atoms with van der Waals surface area (Å²) in [6, 6.07) is 2.76. The van der Waals surface area contributed by atoms with Crippen molar-refractivity contribution in [1.29, 1.82) is 0 Å². The van der Waals surface area contributed by atoms with E-state index in [0.29, 0.717) is 6.04 Å². The summed E-state index contributed by atoms with van der Waals surface area (Å²) in [5.41, 5.74) is 2.07. The normalized spacial score (nSPS) is 16.0. The molecule has 1 fully saturated rings. The molecular formula is C13H22N4. The van der Waals surface area contributed by atoms with Crippen molar-refractivity contribution in [1.82, 2.24) is 15.3 Å². The summed E-state index contributed by atoms with van der Waals surface area (Å²) >= 11 is 0. The Hall–Kier alpha value is -1.16. The van der Waals surface area contributed by atoms with Crippen LogP contribution in [0.1, 0.15) is 45.0 Å². The van der Waals surface area contributed by atoms with Gasteiger partial charge in [0.05, 0.1) is 5.69 Å². The molecule has 0 amide bonds. The van der Waals surface area contributed by atoms with Crippen molar-refractivity contribution >= 4 is 5.95 Å². The fourth-order valence-electron chi connectivity index (χ4n) is 1.65. The minimum Gasteiger partial charge on any atom is -0.350 e. The maximum atomic E-state index is 4.53. The predicted molar refractivity (Wildman–Crippen MR) is 70.0 cm³/mol. The number of rotatable bonds is 4. The van der Waals surface area contributed by atoms with E-state index in [1.165, 1.54) is 12.8 Å². The molecule has 0 saturated heterocycles. The Morgan fingerprint density at radius 1 is 1.29 bits per heavy atom. The van der Waals surface area contributed by atoms with Gasteiger partial charge >= 0.3 is 0 Å². The molecule has 1 aliphatic carbocycles. The van der Waals surface area contributed by atoms with Gasteiger partial charge in [-0.05, 0) is 46.6 Å². The highest BCUT2D eigenvalue weighted by atomic mass is 15.1. The molecule has 0 atom stereocenters. The molecule has 0 radical (unpaired) electrons. The van der Waals surface area contributed by atoms with E-state index in [1.54, 1.807) is 0 Å². The van der Waals surface area contributed by atoms with Gasteiger partial charge in [0.2, 0.25) is 5.95 Å². The van der Waals surface area contributed by atoms with E-state index < -0.39 is 0 Å². The number of aryl methyl sites for hydroxylation is 1. The zero-order valence-corrected chi connectivity index (χ0v) is 11.2. The SMILES string of the molecule is Cc1cc(CNC2CC2)nc(NC(C)(C)C)n1. The quantitative estimate of drug-likeness (QED) is 0.839. The van der Waals surface area contributed by atoms with Gasteiger partial charge in [0, 0.05) is 23.8 Å². The van der Waals surface area contributed by atoms with Crippen LogP contribution in [0.2, 0.25) is 0 Å². The van der Waals surface area contributed by atoms with Gasteiger partial charge < -0.3 is 10.6 Å². The van der Waals surface area contributed by atoms with E-state index in [2.05, 4.69) is 41.4 Å². The Morgan fingerprint density at radius 2 is 2.00 bits per heavy atom. The molecule has 0 aliphatic heterocycles. The van der Waals surface area contributed by atoms with E-state index >= 15 is 0 Å². The summed E-state index contributed by atoms with van der Waals surface area (Å²) in [7, 11) is 0. The zero-order valence-electron chi connectivity index (χ0n) is 11.2. The molecule has 2 N–H and O–H groups in total. The fraction of sp³-hybridized carbons (Fsp3) is 0.692. The van der Waals surface area contributed by atoms with Gasteiger partial charge in [-0.25, -0.2) is 9.97 Å². The number of anilines is 1. The standard InChI is InChI=1S/C13H22N4/c1-9-7-11(8-14-10-5-6-10)16-12(15-9)17-13(2,3)4/h7,10,14H,5-6,8H2,1-4H3,(H,15,16,17). The Kier molecular flexibility index (Phi) is 3.33. The van der Waals surface area contributed by atoms with Gasteiger partial charge in [-0.3, -0.25) is 0 Å². The second-order valence-electron chi connectivity index (χ2n) is 5.85. The van der Waals surface area contributed by atoms with Gasteiger partial charge in [-0.1, -0.05) is 0 Å². The Morgan fingerprint density at radius 3 is 2.59 bits per heavy atom. The molecule has 0 unspecified atom stereocenters. The molecule has 4 nitrogen and oxygen atoms in total. The van der Waals surface area contributed by atoms with Crippen molar-refractivity contribution in [2.24, 2.45) is 0 Å². The van der Waals surface area contributed by atoms with Gasteiger partial charge in [-0.15, -0.1) is 0 Å². The molecule has 2 rings (SSSR count). The Balaban J connectivity index is 2.04. The van der Waals surface area contributed by atoms with E-state index in [0.717, 1.165) is 23.9 Å². The van der Waals surface area contributed by atoms with Crippen LogP contribution in [0.15, 0.2) is 6.07 Å². The van der Waals surface area contributed by atoms with Crippen LogP contribution in [-0.4, -0.2) is 21.5 Å². The number of aromatic nitrogens is 2. The largest absolute Gasteiger partial charge is 0.350 e. The van der Waals surface area contributed by atoms with Crippen LogP contribution in [-0.2, 0) is 6.54 Å². The van der Waals surface area contributed by atoms with Crippen LogP contribution in [0.5, 0.6) is 0 Å². The Labute approximate surface area is 103 Å². The smallest absolute Gasteiger partial charge is 0.223 e. The van der Waals surface area contributed by atoms with Crippen LogP contribution in [0.25, 0.3) is 0 Å². The maximum Gasteiger partial charge on any atom is 0.223 e. The van der Waals surface area contributed by atoms with Crippen molar-refractivity contribution in [3.63, 3.8) is 0 Å². The summed E-state index contributed by atoms with van der Waals surface area (Å²) in [6.45, 7) is 9.19. The first-order chi connectivity index (χ1) is 7.92. The first-order valence-electron chi connectivity index (χ1n) is 6.28. The molecule has 0 bridgehead atoms. The van der Waals surface area contributed by atoms with Gasteiger partial charge in [0.1, 0.15) is 0 Å². The third-order valence-electron chi connectivity index (χ3n) is 2.54. The van der Waals surface area contributed by atoms with E-state index in [1.807, 2.05) is 13.0 Å². The number of hydrogen-bond donors (Lipinski definition) is 2. The highest BCUT2D eigenvalue weighted by Gasteiger charge is 2.20. The number of nitrogens with one attached hydrogen (secondary N) is 2. The van der Waals surface area contributed by atoms with Crippen molar-refractivity contribution < 1.29 is 0 Å². The summed E-state index contributed by atoms with van der Waals surface area (Å²) < 4.78 is 0. The fourth-order valence-corrected chi connectivity index (χ4v) is 1.65. The topological polar surface area (TPSA) is 49.8 Å². The molecule has 1 aromatic rings. The van der Waals surface area contributed by atoms with Gasteiger partial charge in [-0.2, -0.15) is 0 Å².